The molecule has 1 atom stereocenters. The van der Waals surface area contributed by atoms with Crippen LogP contribution in [0.4, 0.5) is 0 Å². The molecule has 1 unspecified atom stereocenters. The lowest BCUT2D eigenvalue weighted by Crippen LogP contribution is -2.20. The SMILES string of the molecule is CC(NCCc1ncno1)c1ccsc1. The van der Waals surface area contributed by atoms with Crippen molar-refractivity contribution in [3.63, 3.8) is 0 Å². The van der Waals surface area contributed by atoms with Gasteiger partial charge >= 0.3 is 0 Å². The smallest absolute Gasteiger partial charge is 0.227 e. The highest BCUT2D eigenvalue weighted by atomic mass is 32.1. The van der Waals surface area contributed by atoms with Gasteiger partial charge in [0.15, 0.2) is 6.33 Å². The van der Waals surface area contributed by atoms with Crippen molar-refractivity contribution in [2.24, 2.45) is 0 Å². The molecule has 5 heteroatoms. The summed E-state index contributed by atoms with van der Waals surface area (Å²) >= 11 is 1.72. The van der Waals surface area contributed by atoms with Gasteiger partial charge in [-0.3, -0.25) is 0 Å². The minimum absolute atomic E-state index is 0.374. The van der Waals surface area contributed by atoms with E-state index in [0.29, 0.717) is 11.9 Å². The Balaban J connectivity index is 1.74. The van der Waals surface area contributed by atoms with Gasteiger partial charge in [0.05, 0.1) is 0 Å². The van der Waals surface area contributed by atoms with E-state index in [-0.39, 0.29) is 0 Å². The average Bonchev–Trinajstić information content (AvgIpc) is 2.90. The van der Waals surface area contributed by atoms with Crippen LogP contribution in [-0.2, 0) is 6.42 Å². The van der Waals surface area contributed by atoms with E-state index >= 15 is 0 Å². The zero-order valence-corrected chi connectivity index (χ0v) is 9.33. The van der Waals surface area contributed by atoms with Gasteiger partial charge in [-0.05, 0) is 29.3 Å². The van der Waals surface area contributed by atoms with Crippen LogP contribution in [0.2, 0.25) is 0 Å². The molecule has 2 rings (SSSR count). The largest absolute Gasteiger partial charge is 0.340 e. The quantitative estimate of drug-likeness (QED) is 0.842. The van der Waals surface area contributed by atoms with E-state index in [1.165, 1.54) is 11.9 Å². The Labute approximate surface area is 92.3 Å². The lowest BCUT2D eigenvalue weighted by Gasteiger charge is -2.10. The van der Waals surface area contributed by atoms with E-state index in [2.05, 4.69) is 39.2 Å². The second-order valence-electron chi connectivity index (χ2n) is 3.32. The maximum absolute atomic E-state index is 4.91. The van der Waals surface area contributed by atoms with Crippen LogP contribution in [0.5, 0.6) is 0 Å². The van der Waals surface area contributed by atoms with E-state index in [1.54, 1.807) is 11.3 Å². The molecular formula is C10H13N3OS. The van der Waals surface area contributed by atoms with Gasteiger partial charge in [-0.1, -0.05) is 5.16 Å². The number of hydrogen-bond donors (Lipinski definition) is 1. The Morgan fingerprint density at radius 2 is 2.53 bits per heavy atom. The third-order valence-corrected chi connectivity index (χ3v) is 2.94. The highest BCUT2D eigenvalue weighted by Crippen LogP contribution is 2.15. The Hall–Kier alpha value is -1.20. The maximum atomic E-state index is 4.91. The molecule has 0 spiro atoms. The van der Waals surface area contributed by atoms with Gasteiger partial charge in [-0.2, -0.15) is 16.3 Å². The Morgan fingerprint density at radius 1 is 1.60 bits per heavy atom. The van der Waals surface area contributed by atoms with Crippen molar-refractivity contribution < 1.29 is 4.52 Å². The van der Waals surface area contributed by atoms with Gasteiger partial charge in [0.25, 0.3) is 0 Å². The number of aromatic nitrogens is 2. The molecule has 0 aliphatic rings. The maximum Gasteiger partial charge on any atom is 0.227 e. The summed E-state index contributed by atoms with van der Waals surface area (Å²) in [4.78, 5) is 3.96. The Morgan fingerprint density at radius 3 is 3.20 bits per heavy atom. The summed E-state index contributed by atoms with van der Waals surface area (Å²) in [6, 6.07) is 2.51. The van der Waals surface area contributed by atoms with Crippen molar-refractivity contribution in [1.82, 2.24) is 15.5 Å². The van der Waals surface area contributed by atoms with E-state index in [9.17, 15) is 0 Å². The third kappa shape index (κ3) is 2.87. The van der Waals surface area contributed by atoms with E-state index in [4.69, 9.17) is 4.52 Å². The fraction of sp³-hybridized carbons (Fsp3) is 0.400. The highest BCUT2D eigenvalue weighted by molar-refractivity contribution is 7.07. The van der Waals surface area contributed by atoms with Crippen LogP contribution >= 0.6 is 11.3 Å². The van der Waals surface area contributed by atoms with Crippen LogP contribution in [0.3, 0.4) is 0 Å². The second-order valence-corrected chi connectivity index (χ2v) is 4.10. The first-order chi connectivity index (χ1) is 7.36. The van der Waals surface area contributed by atoms with Crippen molar-refractivity contribution in [3.05, 3.63) is 34.6 Å². The fourth-order valence-electron chi connectivity index (χ4n) is 1.34. The minimum Gasteiger partial charge on any atom is -0.340 e. The molecule has 2 heterocycles. The van der Waals surface area contributed by atoms with Gasteiger partial charge in [-0.25, -0.2) is 0 Å². The van der Waals surface area contributed by atoms with E-state index in [1.807, 2.05) is 0 Å². The van der Waals surface area contributed by atoms with Gasteiger partial charge in [0, 0.05) is 19.0 Å². The van der Waals surface area contributed by atoms with Crippen LogP contribution in [0, 0.1) is 0 Å². The first kappa shape index (κ1) is 10.3. The number of hydrogen-bond acceptors (Lipinski definition) is 5. The van der Waals surface area contributed by atoms with Gasteiger partial charge in [0.1, 0.15) is 0 Å². The van der Waals surface area contributed by atoms with Crippen LogP contribution in [0.15, 0.2) is 27.7 Å². The standard InChI is InChI=1S/C10H13N3OS/c1-8(9-3-5-15-6-9)11-4-2-10-12-7-13-14-10/h3,5-8,11H,2,4H2,1H3. The normalized spacial score (nSPS) is 12.9. The fourth-order valence-corrected chi connectivity index (χ4v) is 2.10. The number of rotatable bonds is 5. The molecule has 0 saturated carbocycles. The van der Waals surface area contributed by atoms with Gasteiger partial charge in [0.2, 0.25) is 5.89 Å². The molecule has 0 radical (unpaired) electrons. The summed E-state index contributed by atoms with van der Waals surface area (Å²) in [5.74, 6) is 0.681. The zero-order chi connectivity index (χ0) is 10.5. The average molecular weight is 223 g/mol. The van der Waals surface area contributed by atoms with E-state index in [0.717, 1.165) is 13.0 Å². The van der Waals surface area contributed by atoms with Crippen molar-refractivity contribution in [2.45, 2.75) is 19.4 Å². The molecule has 0 aromatic carbocycles. The molecule has 2 aromatic rings. The molecular weight excluding hydrogens is 210 g/mol. The molecule has 80 valence electrons. The van der Waals surface area contributed by atoms with E-state index < -0.39 is 0 Å². The third-order valence-electron chi connectivity index (χ3n) is 2.24. The van der Waals surface area contributed by atoms with Crippen LogP contribution < -0.4 is 5.32 Å². The lowest BCUT2D eigenvalue weighted by molar-refractivity contribution is 0.372. The molecule has 0 aliphatic carbocycles. The molecule has 1 N–H and O–H groups in total. The Kier molecular flexibility index (Phi) is 3.47. The van der Waals surface area contributed by atoms with Gasteiger partial charge < -0.3 is 9.84 Å². The first-order valence-corrected chi connectivity index (χ1v) is 5.81. The number of thiophene rings is 1. The molecule has 0 aliphatic heterocycles. The first-order valence-electron chi connectivity index (χ1n) is 4.87. The highest BCUT2D eigenvalue weighted by Gasteiger charge is 2.05. The molecule has 2 aromatic heterocycles. The predicted molar refractivity (Wildman–Crippen MR) is 58.7 cm³/mol. The lowest BCUT2D eigenvalue weighted by atomic mass is 10.2. The molecule has 0 amide bonds. The van der Waals surface area contributed by atoms with Crippen molar-refractivity contribution in [1.29, 1.82) is 0 Å². The summed E-state index contributed by atoms with van der Waals surface area (Å²) in [6.45, 7) is 3.00. The van der Waals surface area contributed by atoms with Crippen LogP contribution in [-0.4, -0.2) is 16.7 Å². The molecule has 4 nitrogen and oxygen atoms in total. The van der Waals surface area contributed by atoms with Crippen molar-refractivity contribution in [3.8, 4) is 0 Å². The predicted octanol–water partition coefficient (Wildman–Crippen LogP) is 2.02. The summed E-state index contributed by atoms with van der Waals surface area (Å²) in [5.41, 5.74) is 1.32. The van der Waals surface area contributed by atoms with Crippen LogP contribution in [0.25, 0.3) is 0 Å². The topological polar surface area (TPSA) is 51.0 Å². The second kappa shape index (κ2) is 5.04. The van der Waals surface area contributed by atoms with Crippen LogP contribution in [0.1, 0.15) is 24.4 Å². The number of nitrogens with one attached hydrogen (secondary N) is 1. The van der Waals surface area contributed by atoms with Gasteiger partial charge in [-0.15, -0.1) is 0 Å². The summed E-state index contributed by atoms with van der Waals surface area (Å²) in [6.07, 6.45) is 2.20. The number of nitrogens with zero attached hydrogens (tertiary/aromatic N) is 2. The molecule has 15 heavy (non-hydrogen) atoms. The Bertz CT molecular complexity index is 371. The zero-order valence-electron chi connectivity index (χ0n) is 8.51. The summed E-state index contributed by atoms with van der Waals surface area (Å²) in [5, 5.41) is 11.2. The minimum atomic E-state index is 0.374. The monoisotopic (exact) mass is 223 g/mol. The molecule has 0 fully saturated rings. The molecule has 0 bridgehead atoms. The van der Waals surface area contributed by atoms with Crippen molar-refractivity contribution >= 4 is 11.3 Å². The summed E-state index contributed by atoms with van der Waals surface area (Å²) in [7, 11) is 0. The summed E-state index contributed by atoms with van der Waals surface area (Å²) < 4.78 is 4.91. The molecule has 0 saturated heterocycles. The van der Waals surface area contributed by atoms with Crippen molar-refractivity contribution in [2.75, 3.05) is 6.54 Å².